The summed E-state index contributed by atoms with van der Waals surface area (Å²) in [7, 11) is 1.53. The van der Waals surface area contributed by atoms with Gasteiger partial charge in [-0.05, 0) is 26.7 Å². The molecule has 0 saturated heterocycles. The second kappa shape index (κ2) is 7.37. The van der Waals surface area contributed by atoms with Crippen LogP contribution in [0.5, 0.6) is 11.8 Å². The maximum atomic E-state index is 5.92. The summed E-state index contributed by atoms with van der Waals surface area (Å²) < 4.78 is 16.4. The number of nitrogen functional groups attached to an aromatic ring is 1. The van der Waals surface area contributed by atoms with Gasteiger partial charge in [0.05, 0.1) is 25.5 Å². The van der Waals surface area contributed by atoms with Crippen molar-refractivity contribution in [3.8, 4) is 11.8 Å². The van der Waals surface area contributed by atoms with Crippen molar-refractivity contribution < 1.29 is 14.0 Å². The smallest absolute Gasteiger partial charge is 0.236 e. The van der Waals surface area contributed by atoms with Gasteiger partial charge in [0.25, 0.3) is 0 Å². The Morgan fingerprint density at radius 2 is 2.07 bits per heavy atom. The first-order chi connectivity index (χ1) is 13.5. The monoisotopic (exact) mass is 385 g/mol. The van der Waals surface area contributed by atoms with Crippen molar-refractivity contribution in [3.05, 3.63) is 29.7 Å². The van der Waals surface area contributed by atoms with Crippen molar-refractivity contribution in [1.29, 1.82) is 0 Å². The number of aromatic amines is 1. The number of ether oxygens (including phenoxy) is 2. The van der Waals surface area contributed by atoms with E-state index in [2.05, 4.69) is 25.3 Å². The summed E-state index contributed by atoms with van der Waals surface area (Å²) in [5.41, 5.74) is 6.90. The lowest BCUT2D eigenvalue weighted by molar-refractivity contribution is 0.232. The van der Waals surface area contributed by atoms with Crippen molar-refractivity contribution in [2.75, 3.05) is 17.7 Å². The van der Waals surface area contributed by atoms with Crippen LogP contribution in [-0.4, -0.2) is 38.5 Å². The van der Waals surface area contributed by atoms with Crippen LogP contribution < -0.4 is 20.1 Å². The van der Waals surface area contributed by atoms with Gasteiger partial charge in [0.2, 0.25) is 17.7 Å². The fourth-order valence-corrected chi connectivity index (χ4v) is 2.78. The average molecular weight is 385 g/mol. The molecule has 0 atom stereocenters. The fraction of sp³-hybridized carbons (Fsp3) is 0.444. The molecule has 0 bridgehead atoms. The Labute approximate surface area is 162 Å². The highest BCUT2D eigenvalue weighted by Crippen LogP contribution is 2.39. The molecule has 1 saturated carbocycles. The first-order valence-electron chi connectivity index (χ1n) is 9.15. The van der Waals surface area contributed by atoms with Gasteiger partial charge in [-0.25, -0.2) is 0 Å². The maximum Gasteiger partial charge on any atom is 0.236 e. The molecule has 148 valence electrons. The van der Waals surface area contributed by atoms with Crippen molar-refractivity contribution in [2.24, 2.45) is 0 Å². The predicted molar refractivity (Wildman–Crippen MR) is 102 cm³/mol. The molecule has 10 nitrogen and oxygen atoms in total. The molecule has 0 aromatic carbocycles. The summed E-state index contributed by atoms with van der Waals surface area (Å²) >= 11 is 0. The Morgan fingerprint density at radius 1 is 1.25 bits per heavy atom. The van der Waals surface area contributed by atoms with Gasteiger partial charge in [-0.3, -0.25) is 10.00 Å². The molecule has 1 aliphatic rings. The molecule has 10 heteroatoms. The molecular weight excluding hydrogens is 362 g/mol. The van der Waals surface area contributed by atoms with Crippen LogP contribution in [0.15, 0.2) is 22.7 Å². The van der Waals surface area contributed by atoms with Gasteiger partial charge < -0.3 is 19.7 Å². The second-order valence-electron chi connectivity index (χ2n) is 6.97. The number of methoxy groups -OCH3 is 1. The van der Waals surface area contributed by atoms with Gasteiger partial charge in [-0.15, -0.1) is 5.10 Å². The Hall–Kier alpha value is -3.30. The van der Waals surface area contributed by atoms with Gasteiger partial charge in [0.1, 0.15) is 11.6 Å². The lowest BCUT2D eigenvalue weighted by atomic mass is 10.2. The molecule has 0 amide bonds. The Morgan fingerprint density at radius 3 is 2.79 bits per heavy atom. The Bertz CT molecular complexity index is 948. The lowest BCUT2D eigenvalue weighted by Gasteiger charge is -2.19. The van der Waals surface area contributed by atoms with Crippen molar-refractivity contribution in [2.45, 2.75) is 45.3 Å². The largest absolute Gasteiger partial charge is 0.481 e. The van der Waals surface area contributed by atoms with Gasteiger partial charge in [-0.2, -0.15) is 9.97 Å². The van der Waals surface area contributed by atoms with Crippen LogP contribution >= 0.6 is 0 Å². The molecule has 0 aliphatic heterocycles. The van der Waals surface area contributed by atoms with Crippen molar-refractivity contribution >= 4 is 17.6 Å². The van der Waals surface area contributed by atoms with E-state index in [4.69, 9.17) is 19.7 Å². The molecule has 3 heterocycles. The predicted octanol–water partition coefficient (Wildman–Crippen LogP) is 2.78. The van der Waals surface area contributed by atoms with Crippen LogP contribution in [0.3, 0.4) is 0 Å². The standard InChI is InChI=1S/C18H23N7O3/c1-10(2)27-17-8-15(22-23-17)25(18-20-14(19)7-16(21-18)26-3)9-12-6-13(24-28-12)11-4-5-11/h6-8,10-11H,4-5,9H2,1-3H3,(H,22,23)(H2,19,20,21). The maximum absolute atomic E-state index is 5.92. The number of hydrogen-bond acceptors (Lipinski definition) is 9. The van der Waals surface area contributed by atoms with Gasteiger partial charge in [0, 0.05) is 24.1 Å². The third kappa shape index (κ3) is 4.00. The third-order valence-electron chi connectivity index (χ3n) is 4.24. The number of nitrogens with one attached hydrogen (secondary N) is 1. The van der Waals surface area contributed by atoms with Crippen molar-refractivity contribution in [3.63, 3.8) is 0 Å². The minimum Gasteiger partial charge on any atom is -0.481 e. The van der Waals surface area contributed by atoms with Crippen LogP contribution in [0.25, 0.3) is 0 Å². The number of nitrogens with zero attached hydrogens (tertiary/aromatic N) is 5. The zero-order valence-corrected chi connectivity index (χ0v) is 16.0. The molecule has 3 aromatic heterocycles. The molecule has 4 rings (SSSR count). The van der Waals surface area contributed by atoms with E-state index in [9.17, 15) is 0 Å². The zero-order chi connectivity index (χ0) is 19.7. The molecule has 3 aromatic rings. The number of aromatic nitrogens is 5. The van der Waals surface area contributed by atoms with E-state index in [1.807, 2.05) is 19.9 Å². The number of rotatable bonds is 8. The van der Waals surface area contributed by atoms with Crippen LogP contribution in [-0.2, 0) is 6.54 Å². The van der Waals surface area contributed by atoms with E-state index in [1.165, 1.54) is 7.11 Å². The highest BCUT2D eigenvalue weighted by atomic mass is 16.5. The minimum atomic E-state index is 0.00341. The Kier molecular flexibility index (Phi) is 4.76. The van der Waals surface area contributed by atoms with E-state index in [0.29, 0.717) is 47.6 Å². The molecule has 1 aliphatic carbocycles. The number of nitrogens with two attached hydrogens (primary N) is 1. The first-order valence-corrected chi connectivity index (χ1v) is 9.15. The molecule has 0 radical (unpaired) electrons. The molecular formula is C18H23N7O3. The fourth-order valence-electron chi connectivity index (χ4n) is 2.78. The number of anilines is 3. The van der Waals surface area contributed by atoms with Crippen LogP contribution in [0, 0.1) is 0 Å². The van der Waals surface area contributed by atoms with Crippen LogP contribution in [0.4, 0.5) is 17.6 Å². The summed E-state index contributed by atoms with van der Waals surface area (Å²) in [6.07, 6.45) is 2.31. The summed E-state index contributed by atoms with van der Waals surface area (Å²) in [6.45, 7) is 4.22. The minimum absolute atomic E-state index is 0.00341. The summed E-state index contributed by atoms with van der Waals surface area (Å²) in [5, 5.41) is 11.3. The summed E-state index contributed by atoms with van der Waals surface area (Å²) in [4.78, 5) is 10.5. The molecule has 1 fully saturated rings. The summed E-state index contributed by atoms with van der Waals surface area (Å²) in [5.74, 6) is 3.31. The zero-order valence-electron chi connectivity index (χ0n) is 16.0. The second-order valence-corrected chi connectivity index (χ2v) is 6.97. The highest BCUT2D eigenvalue weighted by molar-refractivity contribution is 5.56. The van der Waals surface area contributed by atoms with Gasteiger partial charge in [0.15, 0.2) is 5.76 Å². The van der Waals surface area contributed by atoms with Crippen LogP contribution in [0.2, 0.25) is 0 Å². The number of H-pyrrole nitrogens is 1. The third-order valence-corrected chi connectivity index (χ3v) is 4.24. The topological polar surface area (TPSA) is 128 Å². The van der Waals surface area contributed by atoms with E-state index < -0.39 is 0 Å². The Balaban J connectivity index is 1.67. The number of hydrogen-bond donors (Lipinski definition) is 2. The molecule has 28 heavy (non-hydrogen) atoms. The SMILES string of the molecule is COc1cc(N)nc(N(Cc2cc(C3CC3)no2)c2cc(OC(C)C)n[nH]2)n1. The van der Waals surface area contributed by atoms with E-state index in [1.54, 1.807) is 17.0 Å². The molecule has 0 spiro atoms. The highest BCUT2D eigenvalue weighted by Gasteiger charge is 2.28. The normalized spacial score (nSPS) is 13.7. The van der Waals surface area contributed by atoms with E-state index >= 15 is 0 Å². The van der Waals surface area contributed by atoms with E-state index in [0.717, 1.165) is 18.5 Å². The van der Waals surface area contributed by atoms with Crippen LogP contribution in [0.1, 0.15) is 44.1 Å². The lowest BCUT2D eigenvalue weighted by Crippen LogP contribution is -2.20. The quantitative estimate of drug-likeness (QED) is 0.601. The van der Waals surface area contributed by atoms with E-state index in [-0.39, 0.29) is 6.10 Å². The molecule has 3 N–H and O–H groups in total. The first kappa shape index (κ1) is 18.1. The summed E-state index contributed by atoms with van der Waals surface area (Å²) in [6, 6.07) is 5.30. The van der Waals surface area contributed by atoms with Crippen molar-refractivity contribution in [1.82, 2.24) is 25.3 Å². The molecule has 0 unspecified atom stereocenters. The average Bonchev–Trinajstić information content (AvgIpc) is 3.23. The van der Waals surface area contributed by atoms with Gasteiger partial charge >= 0.3 is 0 Å². The van der Waals surface area contributed by atoms with Gasteiger partial charge in [-0.1, -0.05) is 5.16 Å².